The first kappa shape index (κ1) is 24.8. The summed E-state index contributed by atoms with van der Waals surface area (Å²) >= 11 is 5.86. The second-order valence-corrected chi connectivity index (χ2v) is 10.0. The molecule has 3 heterocycles. The summed E-state index contributed by atoms with van der Waals surface area (Å²) in [6.07, 6.45) is -2.65. The Labute approximate surface area is 212 Å². The Morgan fingerprint density at radius 3 is 2.69 bits per heavy atom. The van der Waals surface area contributed by atoms with Crippen molar-refractivity contribution in [1.82, 2.24) is 25.2 Å². The third-order valence-corrected chi connectivity index (χ3v) is 7.46. The highest BCUT2D eigenvalue weighted by molar-refractivity contribution is 6.30. The summed E-state index contributed by atoms with van der Waals surface area (Å²) in [5.41, 5.74) is 1.45. The van der Waals surface area contributed by atoms with Crippen molar-refractivity contribution < 1.29 is 18.0 Å². The van der Waals surface area contributed by atoms with E-state index < -0.39 is 17.8 Å². The highest BCUT2D eigenvalue weighted by Gasteiger charge is 2.36. The Balaban J connectivity index is 1.40. The Hall–Kier alpha value is -2.85. The first-order chi connectivity index (χ1) is 17.1. The van der Waals surface area contributed by atoms with Gasteiger partial charge in [0.05, 0.1) is 23.2 Å². The average molecular weight is 521 g/mol. The summed E-state index contributed by atoms with van der Waals surface area (Å²) in [6.45, 7) is 6.54. The first-order valence-corrected chi connectivity index (χ1v) is 12.5. The van der Waals surface area contributed by atoms with Crippen LogP contribution in [0.15, 0.2) is 36.4 Å². The summed E-state index contributed by atoms with van der Waals surface area (Å²) in [7, 11) is 0. The standard InChI is InChI=1S/C25H28ClF3N6O/c1-15-14-33(10-11-34(15)24(36)22-4-3-9-30-22)18-6-8-21-23(13-18)35(32-31-21)16(2)19-7-5-17(26)12-20(19)25(27,28)29/h5-8,12-13,15-16,22,30H,3-4,9-11,14H2,1-2H3/t15-,16?,22-/m1/s1. The topological polar surface area (TPSA) is 66.3 Å². The molecule has 2 aliphatic rings. The average Bonchev–Trinajstić information content (AvgIpc) is 3.52. The Kier molecular flexibility index (Phi) is 6.59. The number of rotatable bonds is 4. The lowest BCUT2D eigenvalue weighted by molar-refractivity contribution is -0.138. The Morgan fingerprint density at radius 2 is 2.00 bits per heavy atom. The van der Waals surface area contributed by atoms with Crippen molar-refractivity contribution in [2.75, 3.05) is 31.1 Å². The number of carbonyl (C=O) groups is 1. The number of fused-ring (bicyclic) bond motifs is 1. The van der Waals surface area contributed by atoms with Crippen molar-refractivity contribution in [2.45, 2.75) is 51.0 Å². The van der Waals surface area contributed by atoms with Gasteiger partial charge in [0, 0.05) is 36.4 Å². The number of carbonyl (C=O) groups excluding carboxylic acids is 1. The lowest BCUT2D eigenvalue weighted by Crippen LogP contribution is -2.57. The SMILES string of the molecule is CC(c1ccc(Cl)cc1C(F)(F)F)n1nnc2ccc(N3CCN(C(=O)[C@H]4CCCN4)[C@H](C)C3)cc21. The van der Waals surface area contributed by atoms with Crippen LogP contribution in [0.5, 0.6) is 0 Å². The van der Waals surface area contributed by atoms with Crippen LogP contribution in [0.3, 0.4) is 0 Å². The van der Waals surface area contributed by atoms with Gasteiger partial charge in [0.15, 0.2) is 0 Å². The molecule has 1 N–H and O–H groups in total. The molecule has 192 valence electrons. The van der Waals surface area contributed by atoms with Crippen molar-refractivity contribution >= 4 is 34.2 Å². The molecule has 36 heavy (non-hydrogen) atoms. The quantitative estimate of drug-likeness (QED) is 0.548. The molecule has 5 rings (SSSR count). The molecular formula is C25H28ClF3N6O. The summed E-state index contributed by atoms with van der Waals surface area (Å²) < 4.78 is 42.7. The van der Waals surface area contributed by atoms with E-state index in [0.29, 0.717) is 30.7 Å². The van der Waals surface area contributed by atoms with Gasteiger partial charge in [-0.25, -0.2) is 4.68 Å². The maximum absolute atomic E-state index is 13.7. The fraction of sp³-hybridized carbons (Fsp3) is 0.480. The molecule has 1 aromatic heterocycles. The fourth-order valence-corrected chi connectivity index (χ4v) is 5.46. The second kappa shape index (κ2) is 9.55. The molecule has 2 aromatic carbocycles. The van der Waals surface area contributed by atoms with E-state index in [0.717, 1.165) is 31.1 Å². The van der Waals surface area contributed by atoms with E-state index in [1.165, 1.54) is 16.8 Å². The largest absolute Gasteiger partial charge is 0.416 e. The second-order valence-electron chi connectivity index (χ2n) is 9.59. The summed E-state index contributed by atoms with van der Waals surface area (Å²) in [5.74, 6) is 0.162. The highest BCUT2D eigenvalue weighted by atomic mass is 35.5. The first-order valence-electron chi connectivity index (χ1n) is 12.1. The molecule has 0 saturated carbocycles. The number of benzene rings is 2. The maximum Gasteiger partial charge on any atom is 0.416 e. The van der Waals surface area contributed by atoms with Gasteiger partial charge in [0.25, 0.3) is 0 Å². The molecule has 7 nitrogen and oxygen atoms in total. The van der Waals surface area contributed by atoms with Crippen LogP contribution in [0.25, 0.3) is 11.0 Å². The van der Waals surface area contributed by atoms with Crippen LogP contribution in [0.4, 0.5) is 18.9 Å². The van der Waals surface area contributed by atoms with Gasteiger partial charge in [-0.2, -0.15) is 13.2 Å². The number of hydrogen-bond donors (Lipinski definition) is 1. The molecule has 2 aliphatic heterocycles. The van der Waals surface area contributed by atoms with E-state index in [4.69, 9.17) is 11.6 Å². The molecule has 11 heteroatoms. The predicted octanol–water partition coefficient (Wildman–Crippen LogP) is 4.50. The van der Waals surface area contributed by atoms with Gasteiger partial charge in [-0.05, 0) is 69.1 Å². The number of hydrogen-bond acceptors (Lipinski definition) is 5. The van der Waals surface area contributed by atoms with Gasteiger partial charge in [0.2, 0.25) is 5.91 Å². The minimum absolute atomic E-state index is 0.0273. The lowest BCUT2D eigenvalue weighted by atomic mass is 10.0. The monoisotopic (exact) mass is 520 g/mol. The smallest absolute Gasteiger partial charge is 0.368 e. The van der Waals surface area contributed by atoms with Gasteiger partial charge in [0.1, 0.15) is 5.52 Å². The van der Waals surface area contributed by atoms with Crippen molar-refractivity contribution in [3.63, 3.8) is 0 Å². The number of nitrogens with one attached hydrogen (secondary N) is 1. The number of alkyl halides is 3. The van der Waals surface area contributed by atoms with Crippen LogP contribution in [-0.2, 0) is 11.0 Å². The molecule has 0 radical (unpaired) electrons. The molecular weight excluding hydrogens is 493 g/mol. The van der Waals surface area contributed by atoms with Gasteiger partial charge in [-0.15, -0.1) is 5.10 Å². The van der Waals surface area contributed by atoms with Crippen LogP contribution in [0, 0.1) is 0 Å². The molecule has 2 saturated heterocycles. The zero-order chi connectivity index (χ0) is 25.6. The van der Waals surface area contributed by atoms with E-state index in [1.54, 1.807) is 6.92 Å². The van der Waals surface area contributed by atoms with Crippen LogP contribution >= 0.6 is 11.6 Å². The predicted molar refractivity (Wildman–Crippen MR) is 132 cm³/mol. The van der Waals surface area contributed by atoms with Crippen LogP contribution < -0.4 is 10.2 Å². The zero-order valence-corrected chi connectivity index (χ0v) is 20.9. The number of nitrogens with zero attached hydrogens (tertiary/aromatic N) is 5. The summed E-state index contributed by atoms with van der Waals surface area (Å²) in [5, 5.41) is 11.7. The van der Waals surface area contributed by atoms with Gasteiger partial charge in [-0.3, -0.25) is 4.79 Å². The van der Waals surface area contributed by atoms with Crippen LogP contribution in [-0.4, -0.2) is 64.1 Å². The minimum Gasteiger partial charge on any atom is -0.368 e. The molecule has 0 bridgehead atoms. The molecule has 2 fully saturated rings. The Morgan fingerprint density at radius 1 is 1.19 bits per heavy atom. The van der Waals surface area contributed by atoms with E-state index in [9.17, 15) is 18.0 Å². The van der Waals surface area contributed by atoms with Crippen molar-refractivity contribution in [3.05, 3.63) is 52.5 Å². The lowest BCUT2D eigenvalue weighted by Gasteiger charge is -2.42. The number of aromatic nitrogens is 3. The number of amides is 1. The number of piperazine rings is 1. The Bertz CT molecular complexity index is 1270. The highest BCUT2D eigenvalue weighted by Crippen LogP contribution is 2.38. The van der Waals surface area contributed by atoms with Crippen molar-refractivity contribution in [1.29, 1.82) is 0 Å². The zero-order valence-electron chi connectivity index (χ0n) is 20.1. The molecule has 3 atom stereocenters. The number of anilines is 1. The van der Waals surface area contributed by atoms with E-state index in [-0.39, 0.29) is 28.6 Å². The van der Waals surface area contributed by atoms with Gasteiger partial charge < -0.3 is 15.1 Å². The molecule has 3 aromatic rings. The van der Waals surface area contributed by atoms with Crippen LogP contribution in [0.1, 0.15) is 43.9 Å². The van der Waals surface area contributed by atoms with Crippen molar-refractivity contribution in [3.8, 4) is 0 Å². The maximum atomic E-state index is 13.7. The molecule has 0 aliphatic carbocycles. The molecule has 1 amide bonds. The van der Waals surface area contributed by atoms with E-state index >= 15 is 0 Å². The fourth-order valence-electron chi connectivity index (χ4n) is 5.29. The minimum atomic E-state index is -4.54. The third kappa shape index (κ3) is 4.64. The van der Waals surface area contributed by atoms with Gasteiger partial charge >= 0.3 is 6.18 Å². The number of halogens is 4. The molecule has 0 spiro atoms. The van der Waals surface area contributed by atoms with Crippen LogP contribution in [0.2, 0.25) is 5.02 Å². The van der Waals surface area contributed by atoms with E-state index in [1.807, 2.05) is 30.0 Å². The summed E-state index contributed by atoms with van der Waals surface area (Å²) in [6, 6.07) is 8.71. The third-order valence-electron chi connectivity index (χ3n) is 7.23. The summed E-state index contributed by atoms with van der Waals surface area (Å²) in [4.78, 5) is 17.0. The normalized spacial score (nSPS) is 21.8. The van der Waals surface area contributed by atoms with E-state index in [2.05, 4.69) is 20.5 Å². The molecule has 1 unspecified atom stereocenters. The van der Waals surface area contributed by atoms with Gasteiger partial charge in [-0.1, -0.05) is 22.9 Å². The van der Waals surface area contributed by atoms with Crippen molar-refractivity contribution in [2.24, 2.45) is 0 Å².